The number of carbonyl (C=O) groups is 1. The molecule has 2 saturated heterocycles. The zero-order chi connectivity index (χ0) is 24.3. The Labute approximate surface area is 195 Å². The summed E-state index contributed by atoms with van der Waals surface area (Å²) in [5, 5.41) is 9.46. The summed E-state index contributed by atoms with van der Waals surface area (Å²) in [5.41, 5.74) is 0.693. The minimum absolute atomic E-state index is 0.0137. The molecule has 186 valence electrons. The highest BCUT2D eigenvalue weighted by molar-refractivity contribution is 7.91. The molecule has 3 heterocycles. The van der Waals surface area contributed by atoms with Crippen LogP contribution in [0.3, 0.4) is 0 Å². The second kappa shape index (κ2) is 10.3. The van der Waals surface area contributed by atoms with Crippen molar-refractivity contribution in [2.45, 2.75) is 43.0 Å². The molecular formula is C19H26ClF3N4O5S. The SMILES string of the molecule is O=C(N(O)Cl)C1(S(=O)(=O)N2CCN(c3ccc(CCCC(F)(F)F)cn3)CC2)CCOCC1. The molecule has 2 aliphatic rings. The van der Waals surface area contributed by atoms with Crippen LogP contribution in [0.5, 0.6) is 0 Å². The lowest BCUT2D eigenvalue weighted by molar-refractivity contribution is -0.152. The fourth-order valence-corrected chi connectivity index (χ4v) is 6.44. The number of aromatic nitrogens is 1. The van der Waals surface area contributed by atoms with E-state index in [1.165, 1.54) is 10.5 Å². The van der Waals surface area contributed by atoms with E-state index in [2.05, 4.69) is 4.98 Å². The number of hydrogen-bond donors (Lipinski definition) is 1. The molecule has 14 heteroatoms. The van der Waals surface area contributed by atoms with Crippen LogP contribution in [0.4, 0.5) is 19.0 Å². The third-order valence-corrected chi connectivity index (χ3v) is 8.76. The van der Waals surface area contributed by atoms with Gasteiger partial charge in [-0.2, -0.15) is 17.5 Å². The average molecular weight is 515 g/mol. The van der Waals surface area contributed by atoms with Gasteiger partial charge in [-0.25, -0.2) is 13.4 Å². The van der Waals surface area contributed by atoms with Crippen LogP contribution in [0.2, 0.25) is 0 Å². The molecule has 0 radical (unpaired) electrons. The molecule has 0 aliphatic carbocycles. The maximum absolute atomic E-state index is 13.4. The van der Waals surface area contributed by atoms with E-state index in [0.29, 0.717) is 24.5 Å². The fraction of sp³-hybridized carbons (Fsp3) is 0.684. The number of hydrogen-bond acceptors (Lipinski definition) is 7. The standard InChI is InChI=1S/C19H26ClF3N4O5S/c20-27(29)17(28)18(6-12-32-13-7-18)33(30,31)26-10-8-25(9-11-26)16-4-3-15(14-24-16)2-1-5-19(21,22)23/h3-4,14,29H,1-2,5-13H2. The normalized spacial score (nSPS) is 20.0. The van der Waals surface area contributed by atoms with Gasteiger partial charge in [0, 0.05) is 76.6 Å². The highest BCUT2D eigenvalue weighted by Gasteiger charge is 2.56. The van der Waals surface area contributed by atoms with Gasteiger partial charge in [0.2, 0.25) is 10.0 Å². The van der Waals surface area contributed by atoms with E-state index in [1.54, 1.807) is 12.1 Å². The fourth-order valence-electron chi connectivity index (χ4n) is 4.10. The highest BCUT2D eigenvalue weighted by atomic mass is 35.5. The number of sulfonamides is 1. The Hall–Kier alpha value is -1.67. The largest absolute Gasteiger partial charge is 0.389 e. The summed E-state index contributed by atoms with van der Waals surface area (Å²) >= 11 is 5.41. The van der Waals surface area contributed by atoms with E-state index in [-0.39, 0.29) is 56.6 Å². The first-order valence-electron chi connectivity index (χ1n) is 10.5. The second-order valence-corrected chi connectivity index (χ2v) is 10.6. The molecule has 1 N–H and O–H groups in total. The Bertz CT molecular complexity index is 916. The summed E-state index contributed by atoms with van der Waals surface area (Å²) in [5.74, 6) is -0.511. The van der Waals surface area contributed by atoms with Crippen molar-refractivity contribution in [3.63, 3.8) is 0 Å². The zero-order valence-corrected chi connectivity index (χ0v) is 19.4. The predicted molar refractivity (Wildman–Crippen MR) is 113 cm³/mol. The molecule has 0 saturated carbocycles. The van der Waals surface area contributed by atoms with Gasteiger partial charge in [-0.3, -0.25) is 10.0 Å². The number of aryl methyl sites for hydroxylation is 1. The minimum atomic E-state index is -4.18. The summed E-state index contributed by atoms with van der Waals surface area (Å²) in [6, 6.07) is 3.42. The van der Waals surface area contributed by atoms with Gasteiger partial charge in [0.1, 0.15) is 5.82 Å². The van der Waals surface area contributed by atoms with E-state index >= 15 is 0 Å². The van der Waals surface area contributed by atoms with Crippen molar-refractivity contribution in [1.29, 1.82) is 0 Å². The van der Waals surface area contributed by atoms with Gasteiger partial charge in [-0.1, -0.05) is 6.07 Å². The number of rotatable bonds is 7. The zero-order valence-electron chi connectivity index (χ0n) is 17.8. The summed E-state index contributed by atoms with van der Waals surface area (Å²) in [7, 11) is -4.15. The number of ether oxygens (including phenoxy) is 1. The first kappa shape index (κ1) is 25.9. The molecule has 0 unspecified atom stereocenters. The molecule has 1 amide bonds. The maximum Gasteiger partial charge on any atom is 0.389 e. The van der Waals surface area contributed by atoms with Crippen LogP contribution in [0.1, 0.15) is 31.2 Å². The topological polar surface area (TPSA) is 103 Å². The van der Waals surface area contributed by atoms with E-state index in [4.69, 9.17) is 16.5 Å². The average Bonchev–Trinajstić information content (AvgIpc) is 2.78. The lowest BCUT2D eigenvalue weighted by Crippen LogP contribution is -2.61. The van der Waals surface area contributed by atoms with Crippen molar-refractivity contribution in [2.24, 2.45) is 0 Å². The highest BCUT2D eigenvalue weighted by Crippen LogP contribution is 2.35. The van der Waals surface area contributed by atoms with Gasteiger partial charge >= 0.3 is 6.18 Å². The van der Waals surface area contributed by atoms with Crippen molar-refractivity contribution in [3.05, 3.63) is 23.9 Å². The van der Waals surface area contributed by atoms with Crippen molar-refractivity contribution in [1.82, 2.24) is 13.9 Å². The smallest absolute Gasteiger partial charge is 0.381 e. The number of hydroxylamine groups is 1. The van der Waals surface area contributed by atoms with Crippen LogP contribution in [0, 0.1) is 0 Å². The predicted octanol–water partition coefficient (Wildman–Crippen LogP) is 2.34. The molecule has 1 aromatic rings. The van der Waals surface area contributed by atoms with Crippen LogP contribution in [0.25, 0.3) is 0 Å². The van der Waals surface area contributed by atoms with Gasteiger partial charge < -0.3 is 9.64 Å². The number of carbonyl (C=O) groups excluding carboxylic acids is 1. The van der Waals surface area contributed by atoms with Crippen LogP contribution < -0.4 is 4.90 Å². The van der Waals surface area contributed by atoms with E-state index in [1.807, 2.05) is 4.90 Å². The third-order valence-electron chi connectivity index (χ3n) is 5.99. The Kier molecular flexibility index (Phi) is 8.10. The second-order valence-electron chi connectivity index (χ2n) is 8.06. The molecule has 0 bridgehead atoms. The Balaban J connectivity index is 1.63. The van der Waals surface area contributed by atoms with Crippen molar-refractivity contribution in [2.75, 3.05) is 44.3 Å². The van der Waals surface area contributed by atoms with Gasteiger partial charge in [-0.15, -0.1) is 4.58 Å². The Morgan fingerprint density at radius 1 is 1.21 bits per heavy atom. The molecule has 33 heavy (non-hydrogen) atoms. The molecule has 9 nitrogen and oxygen atoms in total. The van der Waals surface area contributed by atoms with Crippen molar-refractivity contribution in [3.8, 4) is 0 Å². The van der Waals surface area contributed by atoms with E-state index in [0.717, 1.165) is 0 Å². The summed E-state index contributed by atoms with van der Waals surface area (Å²) in [6.07, 6.45) is -3.48. The van der Waals surface area contributed by atoms with Gasteiger partial charge in [0.05, 0.1) is 0 Å². The monoisotopic (exact) mass is 514 g/mol. The molecule has 0 spiro atoms. The molecule has 2 aliphatic heterocycles. The maximum atomic E-state index is 13.4. The molecular weight excluding hydrogens is 489 g/mol. The van der Waals surface area contributed by atoms with Crippen LogP contribution in [0.15, 0.2) is 18.3 Å². The van der Waals surface area contributed by atoms with Crippen molar-refractivity contribution < 1.29 is 36.3 Å². The van der Waals surface area contributed by atoms with Gasteiger partial charge in [0.25, 0.3) is 5.91 Å². The number of anilines is 1. The van der Waals surface area contributed by atoms with Crippen LogP contribution in [-0.4, -0.2) is 83.7 Å². The lowest BCUT2D eigenvalue weighted by Gasteiger charge is -2.42. The molecule has 0 aromatic carbocycles. The van der Waals surface area contributed by atoms with Crippen molar-refractivity contribution >= 4 is 33.5 Å². The first-order chi connectivity index (χ1) is 15.5. The Morgan fingerprint density at radius 3 is 2.36 bits per heavy atom. The number of halogens is 4. The van der Waals surface area contributed by atoms with Gasteiger partial charge in [-0.05, 0) is 24.5 Å². The number of amides is 1. The number of piperazine rings is 1. The first-order valence-corrected chi connectivity index (χ1v) is 12.3. The van der Waals surface area contributed by atoms with Crippen LogP contribution in [-0.2, 0) is 26.0 Å². The van der Waals surface area contributed by atoms with E-state index < -0.39 is 33.3 Å². The Morgan fingerprint density at radius 2 is 1.85 bits per heavy atom. The summed E-state index contributed by atoms with van der Waals surface area (Å²) in [6.45, 7) is 0.917. The number of nitrogens with zero attached hydrogens (tertiary/aromatic N) is 4. The number of alkyl halides is 3. The van der Waals surface area contributed by atoms with Crippen LogP contribution >= 0.6 is 11.8 Å². The summed E-state index contributed by atoms with van der Waals surface area (Å²) < 4.78 is 68.0. The molecule has 3 rings (SSSR count). The molecule has 0 atom stereocenters. The minimum Gasteiger partial charge on any atom is -0.381 e. The quantitative estimate of drug-likeness (QED) is 0.338. The third kappa shape index (κ3) is 5.88. The molecule has 1 aromatic heterocycles. The number of pyridine rings is 1. The van der Waals surface area contributed by atoms with Gasteiger partial charge in [0.15, 0.2) is 4.75 Å². The van der Waals surface area contributed by atoms with E-state index in [9.17, 15) is 31.6 Å². The lowest BCUT2D eigenvalue weighted by atomic mass is 9.98. The summed E-state index contributed by atoms with van der Waals surface area (Å²) in [4.78, 5) is 18.7. The molecule has 2 fully saturated rings.